The van der Waals surface area contributed by atoms with Crippen molar-refractivity contribution < 1.29 is 0 Å². The fourth-order valence-corrected chi connectivity index (χ4v) is 3.40. The Morgan fingerprint density at radius 2 is 1.75 bits per heavy atom. The standard InChI is InChI=1S/C19H23N/c1-19(2)16(12-7-13-20(3)4)15-10-5-8-14-9-6-11-17(19)18(14)15/h5-6,8-12H,7,13H2,1-4H3/b16-12-. The quantitative estimate of drug-likeness (QED) is 0.791. The summed E-state index contributed by atoms with van der Waals surface area (Å²) in [7, 11) is 4.27. The molecule has 1 heteroatoms. The lowest BCUT2D eigenvalue weighted by Gasteiger charge is -2.23. The van der Waals surface area contributed by atoms with E-state index in [-0.39, 0.29) is 5.41 Å². The predicted octanol–water partition coefficient (Wildman–Crippen LogP) is 4.47. The van der Waals surface area contributed by atoms with Gasteiger partial charge < -0.3 is 4.90 Å². The molecule has 0 N–H and O–H groups in total. The molecule has 3 rings (SSSR count). The van der Waals surface area contributed by atoms with Crippen molar-refractivity contribution in [2.45, 2.75) is 25.7 Å². The molecule has 0 aliphatic heterocycles. The highest BCUT2D eigenvalue weighted by Crippen LogP contribution is 2.49. The van der Waals surface area contributed by atoms with Crippen LogP contribution in [0, 0.1) is 0 Å². The number of rotatable bonds is 3. The number of allylic oxidation sites excluding steroid dienone is 1. The summed E-state index contributed by atoms with van der Waals surface area (Å²) in [6.07, 6.45) is 3.55. The Morgan fingerprint density at radius 1 is 1.05 bits per heavy atom. The van der Waals surface area contributed by atoms with Gasteiger partial charge in [0.2, 0.25) is 0 Å². The summed E-state index contributed by atoms with van der Waals surface area (Å²) in [5, 5.41) is 2.82. The van der Waals surface area contributed by atoms with Crippen LogP contribution in [0.2, 0.25) is 0 Å². The first-order valence-corrected chi connectivity index (χ1v) is 7.40. The Hall–Kier alpha value is -1.60. The monoisotopic (exact) mass is 265 g/mol. The summed E-state index contributed by atoms with van der Waals surface area (Å²) >= 11 is 0. The second-order valence-corrected chi connectivity index (χ2v) is 6.54. The van der Waals surface area contributed by atoms with E-state index in [1.807, 2.05) is 0 Å². The molecule has 104 valence electrons. The first-order valence-electron chi connectivity index (χ1n) is 7.40. The Kier molecular flexibility index (Phi) is 3.18. The topological polar surface area (TPSA) is 3.24 Å². The van der Waals surface area contributed by atoms with Crippen molar-refractivity contribution in [1.29, 1.82) is 0 Å². The van der Waals surface area contributed by atoms with Gasteiger partial charge in [-0.1, -0.05) is 56.3 Å². The van der Waals surface area contributed by atoms with Gasteiger partial charge in [0, 0.05) is 12.0 Å². The van der Waals surface area contributed by atoms with E-state index in [2.05, 4.69) is 75.3 Å². The third-order valence-corrected chi connectivity index (χ3v) is 4.47. The molecule has 2 aromatic rings. The van der Waals surface area contributed by atoms with Crippen LogP contribution in [0.1, 0.15) is 31.4 Å². The minimum atomic E-state index is 0.121. The predicted molar refractivity (Wildman–Crippen MR) is 88.1 cm³/mol. The minimum absolute atomic E-state index is 0.121. The second-order valence-electron chi connectivity index (χ2n) is 6.54. The van der Waals surface area contributed by atoms with E-state index in [0.717, 1.165) is 13.0 Å². The highest BCUT2D eigenvalue weighted by atomic mass is 15.0. The molecule has 1 aliphatic carbocycles. The van der Waals surface area contributed by atoms with Crippen LogP contribution in [0.4, 0.5) is 0 Å². The molecule has 0 spiro atoms. The van der Waals surface area contributed by atoms with E-state index in [1.54, 1.807) is 0 Å². The zero-order valence-electron chi connectivity index (χ0n) is 12.9. The van der Waals surface area contributed by atoms with Crippen molar-refractivity contribution in [2.24, 2.45) is 0 Å². The zero-order valence-corrected chi connectivity index (χ0v) is 12.9. The van der Waals surface area contributed by atoms with Crippen molar-refractivity contribution in [3.8, 4) is 0 Å². The van der Waals surface area contributed by atoms with Gasteiger partial charge in [0.25, 0.3) is 0 Å². The van der Waals surface area contributed by atoms with E-state index < -0.39 is 0 Å². The number of hydrogen-bond acceptors (Lipinski definition) is 1. The van der Waals surface area contributed by atoms with Crippen LogP contribution in [0.3, 0.4) is 0 Å². The summed E-state index contributed by atoms with van der Waals surface area (Å²) in [5.74, 6) is 0. The van der Waals surface area contributed by atoms with Crippen LogP contribution < -0.4 is 0 Å². The molecule has 2 aromatic carbocycles. The van der Waals surface area contributed by atoms with Crippen molar-refractivity contribution in [1.82, 2.24) is 4.90 Å². The highest BCUT2D eigenvalue weighted by molar-refractivity contribution is 6.04. The van der Waals surface area contributed by atoms with Crippen molar-refractivity contribution >= 4 is 16.3 Å². The normalized spacial score (nSPS) is 18.4. The molecule has 0 aromatic heterocycles. The number of benzene rings is 2. The summed E-state index contributed by atoms with van der Waals surface area (Å²) in [5.41, 5.74) is 4.52. The molecule has 0 saturated heterocycles. The van der Waals surface area contributed by atoms with Gasteiger partial charge in [0.05, 0.1) is 0 Å². The molecule has 0 radical (unpaired) electrons. The summed E-state index contributed by atoms with van der Waals surface area (Å²) < 4.78 is 0. The zero-order chi connectivity index (χ0) is 14.3. The molecule has 0 atom stereocenters. The van der Waals surface area contributed by atoms with Crippen LogP contribution in [0.15, 0.2) is 42.5 Å². The van der Waals surface area contributed by atoms with E-state index in [0.29, 0.717) is 0 Å². The summed E-state index contributed by atoms with van der Waals surface area (Å²) in [6.45, 7) is 5.80. The van der Waals surface area contributed by atoms with Crippen LogP contribution in [0.25, 0.3) is 16.3 Å². The molecular formula is C19H23N. The van der Waals surface area contributed by atoms with E-state index >= 15 is 0 Å². The first-order chi connectivity index (χ1) is 9.51. The smallest absolute Gasteiger partial charge is 0.0155 e. The van der Waals surface area contributed by atoms with Gasteiger partial charge in [0.15, 0.2) is 0 Å². The van der Waals surface area contributed by atoms with Gasteiger partial charge in [-0.2, -0.15) is 0 Å². The molecule has 0 heterocycles. The maximum absolute atomic E-state index is 2.44. The summed E-state index contributed by atoms with van der Waals surface area (Å²) in [6, 6.07) is 13.4. The van der Waals surface area contributed by atoms with Gasteiger partial charge in [-0.15, -0.1) is 0 Å². The molecule has 0 bridgehead atoms. The summed E-state index contributed by atoms with van der Waals surface area (Å²) in [4.78, 5) is 2.24. The molecule has 0 fully saturated rings. The molecule has 20 heavy (non-hydrogen) atoms. The Bertz CT molecular complexity index is 672. The van der Waals surface area contributed by atoms with Gasteiger partial charge in [-0.3, -0.25) is 0 Å². The van der Waals surface area contributed by atoms with Gasteiger partial charge in [0.1, 0.15) is 0 Å². The lowest BCUT2D eigenvalue weighted by Crippen LogP contribution is -2.16. The lowest BCUT2D eigenvalue weighted by atomic mass is 9.81. The van der Waals surface area contributed by atoms with Gasteiger partial charge in [-0.05, 0) is 48.0 Å². The van der Waals surface area contributed by atoms with Crippen LogP contribution in [0.5, 0.6) is 0 Å². The maximum atomic E-state index is 2.44. The van der Waals surface area contributed by atoms with Crippen LogP contribution in [-0.4, -0.2) is 25.5 Å². The molecule has 0 saturated carbocycles. The Labute approximate surface area is 121 Å². The Balaban J connectivity index is 2.13. The van der Waals surface area contributed by atoms with E-state index in [9.17, 15) is 0 Å². The Morgan fingerprint density at radius 3 is 2.45 bits per heavy atom. The van der Waals surface area contributed by atoms with E-state index in [4.69, 9.17) is 0 Å². The van der Waals surface area contributed by atoms with Crippen molar-refractivity contribution in [3.05, 3.63) is 53.6 Å². The largest absolute Gasteiger partial charge is 0.309 e. The molecule has 1 nitrogen and oxygen atoms in total. The third-order valence-electron chi connectivity index (χ3n) is 4.47. The average molecular weight is 265 g/mol. The fraction of sp³-hybridized carbons (Fsp3) is 0.368. The third kappa shape index (κ3) is 1.97. The molecule has 0 amide bonds. The van der Waals surface area contributed by atoms with Gasteiger partial charge in [-0.25, -0.2) is 0 Å². The maximum Gasteiger partial charge on any atom is 0.0155 e. The van der Waals surface area contributed by atoms with E-state index in [1.165, 1.54) is 27.5 Å². The average Bonchev–Trinajstić information content (AvgIpc) is 2.62. The van der Waals surface area contributed by atoms with Crippen molar-refractivity contribution in [2.75, 3.05) is 20.6 Å². The SMILES string of the molecule is CN(C)CC/C=C1/c2cccc3cccc(c23)C1(C)C. The first kappa shape index (κ1) is 13.4. The molecular weight excluding hydrogens is 242 g/mol. The van der Waals surface area contributed by atoms with Crippen LogP contribution in [-0.2, 0) is 5.41 Å². The van der Waals surface area contributed by atoms with Crippen molar-refractivity contribution in [3.63, 3.8) is 0 Å². The minimum Gasteiger partial charge on any atom is -0.309 e. The van der Waals surface area contributed by atoms with Gasteiger partial charge >= 0.3 is 0 Å². The number of hydrogen-bond donors (Lipinski definition) is 0. The fourth-order valence-electron chi connectivity index (χ4n) is 3.40. The lowest BCUT2D eigenvalue weighted by molar-refractivity contribution is 0.417. The number of nitrogens with zero attached hydrogens (tertiary/aromatic N) is 1. The van der Waals surface area contributed by atoms with Crippen LogP contribution >= 0.6 is 0 Å². The molecule has 1 aliphatic rings. The molecule has 0 unspecified atom stereocenters. The highest BCUT2D eigenvalue weighted by Gasteiger charge is 2.35. The second kappa shape index (κ2) is 4.75.